The van der Waals surface area contributed by atoms with Crippen LogP contribution in [0.15, 0.2) is 60.2 Å². The fourth-order valence-corrected chi connectivity index (χ4v) is 4.32. The first kappa shape index (κ1) is 21.2. The fourth-order valence-electron chi connectivity index (χ4n) is 3.56. The predicted octanol–water partition coefficient (Wildman–Crippen LogP) is 5.64. The topological polar surface area (TPSA) is 43.2 Å². The SMILES string of the molecule is COc1ccc(-c2nn(-c3ccccc3C)cc2CN(C)[C@H](C)c2nccs2)cc1F. The number of aromatic nitrogens is 3. The van der Waals surface area contributed by atoms with Gasteiger partial charge in [-0.1, -0.05) is 18.2 Å². The van der Waals surface area contributed by atoms with Crippen molar-refractivity contribution in [2.24, 2.45) is 0 Å². The van der Waals surface area contributed by atoms with Gasteiger partial charge in [-0.25, -0.2) is 14.1 Å². The number of thiazole rings is 1. The van der Waals surface area contributed by atoms with E-state index in [1.54, 1.807) is 17.4 Å². The molecule has 31 heavy (non-hydrogen) atoms. The second kappa shape index (κ2) is 8.99. The van der Waals surface area contributed by atoms with Gasteiger partial charge in [0, 0.05) is 35.4 Å². The van der Waals surface area contributed by atoms with E-state index in [1.807, 2.05) is 46.7 Å². The monoisotopic (exact) mass is 436 g/mol. The Kier molecular flexibility index (Phi) is 6.15. The van der Waals surface area contributed by atoms with E-state index >= 15 is 0 Å². The van der Waals surface area contributed by atoms with Crippen LogP contribution in [-0.4, -0.2) is 33.8 Å². The van der Waals surface area contributed by atoms with Gasteiger partial charge in [0.1, 0.15) is 5.01 Å². The number of halogens is 1. The summed E-state index contributed by atoms with van der Waals surface area (Å²) >= 11 is 1.64. The smallest absolute Gasteiger partial charge is 0.165 e. The number of ether oxygens (including phenoxy) is 1. The molecular formula is C24H25FN4OS. The molecule has 2 aromatic heterocycles. The summed E-state index contributed by atoms with van der Waals surface area (Å²) in [7, 11) is 3.53. The zero-order valence-electron chi connectivity index (χ0n) is 18.0. The summed E-state index contributed by atoms with van der Waals surface area (Å²) in [6.07, 6.45) is 3.86. The van der Waals surface area contributed by atoms with Crippen molar-refractivity contribution < 1.29 is 9.13 Å². The van der Waals surface area contributed by atoms with Gasteiger partial charge in [-0.05, 0) is 50.7 Å². The minimum atomic E-state index is -0.402. The Labute approximate surface area is 185 Å². The highest BCUT2D eigenvalue weighted by Crippen LogP contribution is 2.31. The second-order valence-electron chi connectivity index (χ2n) is 7.54. The van der Waals surface area contributed by atoms with Gasteiger partial charge in [-0.2, -0.15) is 5.10 Å². The average Bonchev–Trinajstić information content (AvgIpc) is 3.44. The molecule has 4 rings (SSSR count). The molecular weight excluding hydrogens is 411 g/mol. The number of hydrogen-bond acceptors (Lipinski definition) is 5. The van der Waals surface area contributed by atoms with Gasteiger partial charge in [-0.3, -0.25) is 4.90 Å². The van der Waals surface area contributed by atoms with Crippen LogP contribution in [0.5, 0.6) is 5.75 Å². The molecule has 0 N–H and O–H groups in total. The van der Waals surface area contributed by atoms with Gasteiger partial charge < -0.3 is 4.74 Å². The van der Waals surface area contributed by atoms with E-state index in [1.165, 1.54) is 13.2 Å². The van der Waals surface area contributed by atoms with Crippen molar-refractivity contribution in [1.29, 1.82) is 0 Å². The van der Waals surface area contributed by atoms with E-state index in [0.717, 1.165) is 33.1 Å². The predicted molar refractivity (Wildman–Crippen MR) is 122 cm³/mol. The zero-order chi connectivity index (χ0) is 22.0. The van der Waals surface area contributed by atoms with Crippen molar-refractivity contribution >= 4 is 11.3 Å². The van der Waals surface area contributed by atoms with Crippen molar-refractivity contribution in [1.82, 2.24) is 19.7 Å². The molecule has 2 heterocycles. The molecule has 0 fully saturated rings. The van der Waals surface area contributed by atoms with Crippen LogP contribution in [0, 0.1) is 12.7 Å². The van der Waals surface area contributed by atoms with Crippen LogP contribution in [0.2, 0.25) is 0 Å². The molecule has 0 aliphatic carbocycles. The van der Waals surface area contributed by atoms with Gasteiger partial charge in [0.2, 0.25) is 0 Å². The molecule has 2 aromatic carbocycles. The van der Waals surface area contributed by atoms with Crippen LogP contribution in [0.25, 0.3) is 16.9 Å². The number of rotatable bonds is 7. The fraction of sp³-hybridized carbons (Fsp3) is 0.250. The summed E-state index contributed by atoms with van der Waals surface area (Å²) in [5.74, 6) is -0.181. The number of para-hydroxylation sites is 1. The van der Waals surface area contributed by atoms with E-state index in [4.69, 9.17) is 9.84 Å². The Hall–Kier alpha value is -3.03. The van der Waals surface area contributed by atoms with E-state index < -0.39 is 5.82 Å². The maximum absolute atomic E-state index is 14.5. The van der Waals surface area contributed by atoms with Gasteiger partial charge in [0.15, 0.2) is 11.6 Å². The summed E-state index contributed by atoms with van der Waals surface area (Å²) in [6, 6.07) is 13.2. The number of benzene rings is 2. The lowest BCUT2D eigenvalue weighted by Gasteiger charge is -2.22. The number of hydrogen-bond donors (Lipinski definition) is 0. The van der Waals surface area contributed by atoms with Crippen LogP contribution < -0.4 is 4.74 Å². The average molecular weight is 437 g/mol. The van der Waals surface area contributed by atoms with Crippen molar-refractivity contribution in [2.45, 2.75) is 26.4 Å². The first-order valence-electron chi connectivity index (χ1n) is 10.1. The third-order valence-electron chi connectivity index (χ3n) is 5.47. The maximum Gasteiger partial charge on any atom is 0.165 e. The molecule has 5 nitrogen and oxygen atoms in total. The standard InChI is InChI=1S/C24H25FN4OS/c1-16-7-5-6-8-21(16)29-15-19(14-28(3)17(2)24-26-11-12-31-24)23(27-29)18-9-10-22(30-4)20(25)13-18/h5-13,15,17H,14H2,1-4H3/t17-/m1/s1. The Morgan fingerprint density at radius 2 is 2.03 bits per heavy atom. The van der Waals surface area contributed by atoms with Crippen LogP contribution in [0.4, 0.5) is 4.39 Å². The quantitative estimate of drug-likeness (QED) is 0.376. The van der Waals surface area contributed by atoms with Crippen LogP contribution >= 0.6 is 11.3 Å². The number of nitrogens with zero attached hydrogens (tertiary/aromatic N) is 4. The maximum atomic E-state index is 14.5. The molecule has 0 aliphatic rings. The summed E-state index contributed by atoms with van der Waals surface area (Å²) in [6.45, 7) is 4.84. The Morgan fingerprint density at radius 3 is 2.71 bits per heavy atom. The van der Waals surface area contributed by atoms with Crippen LogP contribution in [-0.2, 0) is 6.54 Å². The molecule has 0 saturated carbocycles. The Balaban J connectivity index is 1.75. The lowest BCUT2D eigenvalue weighted by atomic mass is 10.1. The molecule has 0 bridgehead atoms. The van der Waals surface area contributed by atoms with Crippen molar-refractivity contribution in [3.8, 4) is 22.7 Å². The van der Waals surface area contributed by atoms with E-state index in [9.17, 15) is 4.39 Å². The molecule has 1 atom stereocenters. The summed E-state index contributed by atoms with van der Waals surface area (Å²) in [5, 5.41) is 7.90. The van der Waals surface area contributed by atoms with Crippen LogP contribution in [0.1, 0.15) is 29.1 Å². The highest BCUT2D eigenvalue weighted by Gasteiger charge is 2.20. The minimum absolute atomic E-state index is 0.155. The molecule has 0 unspecified atom stereocenters. The van der Waals surface area contributed by atoms with E-state index in [2.05, 4.69) is 36.8 Å². The largest absolute Gasteiger partial charge is 0.494 e. The third-order valence-corrected chi connectivity index (χ3v) is 6.41. The highest BCUT2D eigenvalue weighted by atomic mass is 32.1. The molecule has 160 valence electrons. The van der Waals surface area contributed by atoms with Crippen molar-refractivity contribution in [3.05, 3.63) is 82.2 Å². The third kappa shape index (κ3) is 4.38. The molecule has 4 aromatic rings. The second-order valence-corrected chi connectivity index (χ2v) is 8.47. The summed E-state index contributed by atoms with van der Waals surface area (Å²) < 4.78 is 21.4. The van der Waals surface area contributed by atoms with Crippen LogP contribution in [0.3, 0.4) is 0 Å². The minimum Gasteiger partial charge on any atom is -0.494 e. The lowest BCUT2D eigenvalue weighted by molar-refractivity contribution is 0.253. The number of methoxy groups -OCH3 is 1. The van der Waals surface area contributed by atoms with Gasteiger partial charge >= 0.3 is 0 Å². The molecule has 0 amide bonds. The molecule has 0 spiro atoms. The van der Waals surface area contributed by atoms with Crippen molar-refractivity contribution in [2.75, 3.05) is 14.2 Å². The van der Waals surface area contributed by atoms with Gasteiger partial charge in [0.25, 0.3) is 0 Å². The first-order chi connectivity index (χ1) is 15.0. The molecule has 7 heteroatoms. The van der Waals surface area contributed by atoms with E-state index in [-0.39, 0.29) is 11.8 Å². The zero-order valence-corrected chi connectivity index (χ0v) is 18.9. The number of aryl methyl sites for hydroxylation is 1. The van der Waals surface area contributed by atoms with Crippen molar-refractivity contribution in [3.63, 3.8) is 0 Å². The molecule has 0 radical (unpaired) electrons. The highest BCUT2D eigenvalue weighted by molar-refractivity contribution is 7.09. The van der Waals surface area contributed by atoms with E-state index in [0.29, 0.717) is 6.54 Å². The normalized spacial score (nSPS) is 12.3. The lowest BCUT2D eigenvalue weighted by Crippen LogP contribution is -2.21. The Morgan fingerprint density at radius 1 is 1.23 bits per heavy atom. The molecule has 0 saturated heterocycles. The molecule has 0 aliphatic heterocycles. The first-order valence-corrected chi connectivity index (χ1v) is 10.9. The summed E-state index contributed by atoms with van der Waals surface area (Å²) in [4.78, 5) is 6.67. The summed E-state index contributed by atoms with van der Waals surface area (Å²) in [5.41, 5.74) is 4.60. The van der Waals surface area contributed by atoms with Gasteiger partial charge in [-0.15, -0.1) is 11.3 Å². The Bertz CT molecular complexity index is 1170. The van der Waals surface area contributed by atoms with Gasteiger partial charge in [0.05, 0.1) is 24.5 Å².